The SMILES string of the molecule is Cc1cc(C(O)C(O)CN)ccc1C(F)(F)F. The van der Waals surface area contributed by atoms with Crippen molar-refractivity contribution in [2.75, 3.05) is 6.54 Å². The van der Waals surface area contributed by atoms with Crippen LogP contribution in [0.3, 0.4) is 0 Å². The Morgan fingerprint density at radius 3 is 2.29 bits per heavy atom. The molecule has 1 aromatic rings. The highest BCUT2D eigenvalue weighted by molar-refractivity contribution is 5.34. The van der Waals surface area contributed by atoms with E-state index in [1.165, 1.54) is 13.0 Å². The molecule has 1 rings (SSSR count). The van der Waals surface area contributed by atoms with Crippen LogP contribution in [0.5, 0.6) is 0 Å². The number of benzene rings is 1. The van der Waals surface area contributed by atoms with Crippen molar-refractivity contribution in [2.24, 2.45) is 5.73 Å². The number of aryl methyl sites for hydroxylation is 1. The molecule has 0 spiro atoms. The number of halogens is 3. The van der Waals surface area contributed by atoms with Crippen molar-refractivity contribution in [3.8, 4) is 0 Å². The molecular formula is C11H14F3NO2. The maximum atomic E-state index is 12.5. The summed E-state index contributed by atoms with van der Waals surface area (Å²) in [6.45, 7) is 1.13. The second kappa shape index (κ2) is 5.03. The fraction of sp³-hybridized carbons (Fsp3) is 0.455. The van der Waals surface area contributed by atoms with Gasteiger partial charge in [-0.2, -0.15) is 13.2 Å². The Kier molecular flexibility index (Phi) is 4.13. The van der Waals surface area contributed by atoms with Crippen LogP contribution in [-0.2, 0) is 6.18 Å². The van der Waals surface area contributed by atoms with Crippen LogP contribution in [0.4, 0.5) is 13.2 Å². The van der Waals surface area contributed by atoms with Gasteiger partial charge in [-0.15, -0.1) is 0 Å². The number of rotatable bonds is 3. The highest BCUT2D eigenvalue weighted by atomic mass is 19.4. The standard InChI is InChI=1S/C11H14F3NO2/c1-6-4-7(10(17)9(16)5-15)2-3-8(6)11(12,13)14/h2-4,9-10,16-17H,5,15H2,1H3. The van der Waals surface area contributed by atoms with Crippen molar-refractivity contribution in [2.45, 2.75) is 25.3 Å². The minimum atomic E-state index is -4.42. The number of aliphatic hydroxyl groups excluding tert-OH is 2. The Labute approximate surface area is 96.7 Å². The summed E-state index contributed by atoms with van der Waals surface area (Å²) >= 11 is 0. The summed E-state index contributed by atoms with van der Waals surface area (Å²) in [5.74, 6) is 0. The molecule has 6 heteroatoms. The van der Waals surface area contributed by atoms with Gasteiger partial charge in [0, 0.05) is 6.54 Å². The molecule has 0 saturated heterocycles. The third kappa shape index (κ3) is 3.18. The first-order chi connectivity index (χ1) is 7.77. The van der Waals surface area contributed by atoms with Crippen LogP contribution in [0.1, 0.15) is 22.8 Å². The molecule has 0 aliphatic heterocycles. The molecule has 17 heavy (non-hydrogen) atoms. The minimum absolute atomic E-state index is 0.00160. The summed E-state index contributed by atoms with van der Waals surface area (Å²) in [7, 11) is 0. The molecule has 0 fully saturated rings. The van der Waals surface area contributed by atoms with Crippen molar-refractivity contribution >= 4 is 0 Å². The monoisotopic (exact) mass is 249 g/mol. The van der Waals surface area contributed by atoms with E-state index in [-0.39, 0.29) is 17.7 Å². The molecule has 96 valence electrons. The Morgan fingerprint density at radius 2 is 1.88 bits per heavy atom. The Hall–Kier alpha value is -1.11. The molecule has 0 amide bonds. The molecule has 0 heterocycles. The molecule has 3 nitrogen and oxygen atoms in total. The largest absolute Gasteiger partial charge is 0.416 e. The van der Waals surface area contributed by atoms with Gasteiger partial charge in [0.1, 0.15) is 6.10 Å². The normalized spacial score (nSPS) is 15.7. The zero-order valence-corrected chi connectivity index (χ0v) is 9.20. The maximum Gasteiger partial charge on any atom is 0.416 e. The summed E-state index contributed by atoms with van der Waals surface area (Å²) in [5, 5.41) is 18.9. The zero-order valence-electron chi connectivity index (χ0n) is 9.20. The molecule has 0 aromatic heterocycles. The van der Waals surface area contributed by atoms with E-state index in [0.717, 1.165) is 12.1 Å². The van der Waals surface area contributed by atoms with Crippen LogP contribution in [-0.4, -0.2) is 22.9 Å². The predicted octanol–water partition coefficient (Wildman–Crippen LogP) is 1.37. The minimum Gasteiger partial charge on any atom is -0.389 e. The fourth-order valence-electron chi connectivity index (χ4n) is 1.54. The van der Waals surface area contributed by atoms with Gasteiger partial charge in [0.15, 0.2) is 0 Å². The second-order valence-electron chi connectivity index (χ2n) is 3.82. The molecule has 0 aliphatic rings. The lowest BCUT2D eigenvalue weighted by Crippen LogP contribution is -2.27. The fourth-order valence-corrected chi connectivity index (χ4v) is 1.54. The van der Waals surface area contributed by atoms with Crippen molar-refractivity contribution < 1.29 is 23.4 Å². The van der Waals surface area contributed by atoms with Gasteiger partial charge in [-0.1, -0.05) is 12.1 Å². The third-order valence-corrected chi connectivity index (χ3v) is 2.50. The number of nitrogens with two attached hydrogens (primary N) is 1. The maximum absolute atomic E-state index is 12.5. The molecule has 0 radical (unpaired) electrons. The molecule has 1 aromatic carbocycles. The van der Waals surface area contributed by atoms with Crippen molar-refractivity contribution in [1.29, 1.82) is 0 Å². The molecule has 0 saturated carbocycles. The molecule has 2 unspecified atom stereocenters. The Bertz CT molecular complexity index is 393. The van der Waals surface area contributed by atoms with Crippen LogP contribution in [0.15, 0.2) is 18.2 Å². The van der Waals surface area contributed by atoms with E-state index >= 15 is 0 Å². The zero-order chi connectivity index (χ0) is 13.2. The Balaban J connectivity index is 3.05. The summed E-state index contributed by atoms with van der Waals surface area (Å²) in [6, 6.07) is 3.23. The second-order valence-corrected chi connectivity index (χ2v) is 3.82. The highest BCUT2D eigenvalue weighted by Gasteiger charge is 2.32. The molecule has 0 bridgehead atoms. The lowest BCUT2D eigenvalue weighted by Gasteiger charge is -2.18. The van der Waals surface area contributed by atoms with Crippen LogP contribution in [0, 0.1) is 6.92 Å². The summed E-state index contributed by atoms with van der Waals surface area (Å²) in [5.41, 5.74) is 4.62. The van der Waals surface area contributed by atoms with Crippen molar-refractivity contribution in [3.63, 3.8) is 0 Å². The van der Waals surface area contributed by atoms with Gasteiger partial charge in [0.05, 0.1) is 11.7 Å². The molecule has 4 N–H and O–H groups in total. The van der Waals surface area contributed by atoms with E-state index in [9.17, 15) is 23.4 Å². The first kappa shape index (κ1) is 14.0. The molecule has 0 aliphatic carbocycles. The molecule has 2 atom stereocenters. The van der Waals surface area contributed by atoms with E-state index < -0.39 is 23.9 Å². The van der Waals surface area contributed by atoms with Gasteiger partial charge >= 0.3 is 6.18 Å². The summed E-state index contributed by atoms with van der Waals surface area (Å²) in [6.07, 6.45) is -6.88. The number of alkyl halides is 3. The van der Waals surface area contributed by atoms with Crippen LogP contribution in [0.2, 0.25) is 0 Å². The average molecular weight is 249 g/mol. The van der Waals surface area contributed by atoms with Crippen molar-refractivity contribution in [1.82, 2.24) is 0 Å². The van der Waals surface area contributed by atoms with E-state index in [4.69, 9.17) is 5.73 Å². The number of aliphatic hydroxyl groups is 2. The van der Waals surface area contributed by atoms with Crippen LogP contribution in [0.25, 0.3) is 0 Å². The van der Waals surface area contributed by atoms with E-state index in [0.29, 0.717) is 0 Å². The number of hydrogen-bond acceptors (Lipinski definition) is 3. The van der Waals surface area contributed by atoms with Crippen LogP contribution < -0.4 is 5.73 Å². The molecular weight excluding hydrogens is 235 g/mol. The third-order valence-electron chi connectivity index (χ3n) is 2.50. The van der Waals surface area contributed by atoms with Gasteiger partial charge in [0.25, 0.3) is 0 Å². The lowest BCUT2D eigenvalue weighted by atomic mass is 9.99. The van der Waals surface area contributed by atoms with E-state index in [2.05, 4.69) is 0 Å². The van der Waals surface area contributed by atoms with Gasteiger partial charge in [-0.05, 0) is 24.1 Å². The predicted molar refractivity (Wildman–Crippen MR) is 56.2 cm³/mol. The summed E-state index contributed by atoms with van der Waals surface area (Å²) < 4.78 is 37.4. The smallest absolute Gasteiger partial charge is 0.389 e. The average Bonchev–Trinajstić information content (AvgIpc) is 2.25. The van der Waals surface area contributed by atoms with Gasteiger partial charge < -0.3 is 15.9 Å². The Morgan fingerprint density at radius 1 is 1.29 bits per heavy atom. The van der Waals surface area contributed by atoms with Crippen LogP contribution >= 0.6 is 0 Å². The topological polar surface area (TPSA) is 66.5 Å². The quantitative estimate of drug-likeness (QED) is 0.758. The van der Waals surface area contributed by atoms with E-state index in [1.807, 2.05) is 0 Å². The lowest BCUT2D eigenvalue weighted by molar-refractivity contribution is -0.138. The first-order valence-electron chi connectivity index (χ1n) is 5.01. The summed E-state index contributed by atoms with van der Waals surface area (Å²) in [4.78, 5) is 0. The first-order valence-corrected chi connectivity index (χ1v) is 5.01. The highest BCUT2D eigenvalue weighted by Crippen LogP contribution is 2.33. The van der Waals surface area contributed by atoms with E-state index in [1.54, 1.807) is 0 Å². The van der Waals surface area contributed by atoms with Gasteiger partial charge in [-0.3, -0.25) is 0 Å². The van der Waals surface area contributed by atoms with Gasteiger partial charge in [-0.25, -0.2) is 0 Å². The van der Waals surface area contributed by atoms with Crippen molar-refractivity contribution in [3.05, 3.63) is 34.9 Å². The number of hydrogen-bond donors (Lipinski definition) is 3. The van der Waals surface area contributed by atoms with Gasteiger partial charge in [0.2, 0.25) is 0 Å².